The van der Waals surface area contributed by atoms with E-state index in [-0.39, 0.29) is 25.3 Å². The van der Waals surface area contributed by atoms with Gasteiger partial charge in [0.2, 0.25) is 11.8 Å². The van der Waals surface area contributed by atoms with Gasteiger partial charge < -0.3 is 34.9 Å². The number of nitrogens with zero attached hydrogens (tertiary/aromatic N) is 4. The van der Waals surface area contributed by atoms with Crippen molar-refractivity contribution in [2.45, 2.75) is 95.0 Å². The minimum absolute atomic E-state index is 0.0210. The second-order valence-electron chi connectivity index (χ2n) is 14.2. The molecule has 1 saturated heterocycles. The molecule has 50 heavy (non-hydrogen) atoms. The van der Waals surface area contributed by atoms with Crippen LogP contribution in [0.4, 0.5) is 4.79 Å². The number of ether oxygens (including phenoxy) is 3. The Kier molecular flexibility index (Phi) is 9.72. The van der Waals surface area contributed by atoms with E-state index in [1.54, 1.807) is 69.4 Å². The molecule has 3 aromatic rings. The fourth-order valence-electron chi connectivity index (χ4n) is 6.69. The van der Waals surface area contributed by atoms with Crippen molar-refractivity contribution in [1.82, 2.24) is 30.1 Å². The molecule has 2 aliphatic heterocycles. The van der Waals surface area contributed by atoms with Gasteiger partial charge in [-0.2, -0.15) is 0 Å². The number of fused-ring (bicyclic) bond motifs is 3. The Hall–Kier alpha value is -5.14. The van der Waals surface area contributed by atoms with Gasteiger partial charge in [0.25, 0.3) is 0 Å². The van der Waals surface area contributed by atoms with E-state index >= 15 is 0 Å². The molecular weight excluding hydrogens is 644 g/mol. The standard InChI is InChI=1S/C36H44N6O8/c1-35(2,3)50-34(47)39-26-11-9-7-5-6-8-10-22-19-36(22,33(45)46)40-31(43)28-17-24(20-42(28)32(26)44)49-29-18-30(41-15-14-37-21-41)38-27-16-23(48-4)12-13-25(27)29/h8,10,12-16,18,21-22,24,26,28H,5-7,9,11,17,19-20H2,1-4H3,(H,39,47)(H,40,43)(H,45,46)/b10-8-/t22-,24+,26-,28-,36+/m0/s1. The monoisotopic (exact) mass is 688 g/mol. The molecule has 266 valence electrons. The number of aromatic nitrogens is 3. The van der Waals surface area contributed by atoms with Gasteiger partial charge in [-0.3, -0.25) is 14.2 Å². The van der Waals surface area contributed by atoms with Crippen LogP contribution in [0.3, 0.4) is 0 Å². The fraction of sp³-hybridized carbons (Fsp3) is 0.500. The Morgan fingerprint density at radius 3 is 2.68 bits per heavy atom. The van der Waals surface area contributed by atoms with Crippen molar-refractivity contribution < 1.29 is 38.5 Å². The number of hydrogen-bond acceptors (Lipinski definition) is 9. The van der Waals surface area contributed by atoms with Crippen LogP contribution in [0.1, 0.15) is 65.7 Å². The fourth-order valence-corrected chi connectivity index (χ4v) is 6.69. The van der Waals surface area contributed by atoms with Crippen LogP contribution in [0.2, 0.25) is 0 Å². The smallest absolute Gasteiger partial charge is 0.408 e. The number of pyridine rings is 1. The highest BCUT2D eigenvalue weighted by atomic mass is 16.6. The molecule has 0 bridgehead atoms. The molecule has 14 nitrogen and oxygen atoms in total. The van der Waals surface area contributed by atoms with E-state index in [0.717, 1.165) is 19.3 Å². The van der Waals surface area contributed by atoms with Crippen molar-refractivity contribution in [2.24, 2.45) is 5.92 Å². The second-order valence-corrected chi connectivity index (χ2v) is 14.2. The quantitative estimate of drug-likeness (QED) is 0.319. The first kappa shape index (κ1) is 34.7. The third kappa shape index (κ3) is 7.53. The lowest BCUT2D eigenvalue weighted by atomic mass is 10.0. The minimum Gasteiger partial charge on any atom is -0.497 e. The number of hydrogen-bond donors (Lipinski definition) is 3. The summed E-state index contributed by atoms with van der Waals surface area (Å²) in [6.45, 7) is 5.23. The second kappa shape index (κ2) is 14.0. The molecule has 3 aliphatic rings. The van der Waals surface area contributed by atoms with Crippen LogP contribution >= 0.6 is 0 Å². The lowest BCUT2D eigenvalue weighted by molar-refractivity contribution is -0.145. The molecule has 0 radical (unpaired) electrons. The Bertz CT molecular complexity index is 1790. The molecule has 1 aliphatic carbocycles. The van der Waals surface area contributed by atoms with Gasteiger partial charge in [0.05, 0.1) is 19.2 Å². The average Bonchev–Trinajstić information content (AvgIpc) is 3.38. The Balaban J connectivity index is 1.34. The van der Waals surface area contributed by atoms with Gasteiger partial charge in [-0.1, -0.05) is 25.0 Å². The predicted molar refractivity (Wildman–Crippen MR) is 182 cm³/mol. The van der Waals surface area contributed by atoms with Crippen LogP contribution in [0.5, 0.6) is 11.5 Å². The van der Waals surface area contributed by atoms with Gasteiger partial charge in [-0.25, -0.2) is 19.6 Å². The number of carboxylic acid groups (broad SMARTS) is 1. The lowest BCUT2D eigenvalue weighted by Gasteiger charge is -2.30. The van der Waals surface area contributed by atoms with Crippen molar-refractivity contribution in [2.75, 3.05) is 13.7 Å². The number of allylic oxidation sites excluding steroid dienone is 1. The largest absolute Gasteiger partial charge is 0.497 e. The number of carbonyl (C=O) groups is 4. The number of amides is 3. The highest BCUT2D eigenvalue weighted by Crippen LogP contribution is 2.45. The Labute approximate surface area is 290 Å². The Morgan fingerprint density at radius 1 is 1.14 bits per heavy atom. The maximum absolute atomic E-state index is 14.4. The van der Waals surface area contributed by atoms with Crippen LogP contribution < -0.4 is 20.1 Å². The highest BCUT2D eigenvalue weighted by molar-refractivity contribution is 5.96. The van der Waals surface area contributed by atoms with E-state index < -0.39 is 53.2 Å². The van der Waals surface area contributed by atoms with Gasteiger partial charge in [-0.15, -0.1) is 0 Å². The third-order valence-corrected chi connectivity index (χ3v) is 9.34. The summed E-state index contributed by atoms with van der Waals surface area (Å²) in [5.74, 6) is -0.902. The first-order valence-electron chi connectivity index (χ1n) is 17.0. The molecule has 1 aromatic carbocycles. The van der Waals surface area contributed by atoms with Gasteiger partial charge in [-0.05, 0) is 58.6 Å². The first-order valence-corrected chi connectivity index (χ1v) is 17.0. The van der Waals surface area contributed by atoms with Crippen molar-refractivity contribution in [3.05, 3.63) is 55.1 Å². The predicted octanol–water partition coefficient (Wildman–Crippen LogP) is 4.15. The summed E-state index contributed by atoms with van der Waals surface area (Å²) in [7, 11) is 1.57. The summed E-state index contributed by atoms with van der Waals surface area (Å²) < 4.78 is 19.3. The van der Waals surface area contributed by atoms with E-state index in [1.165, 1.54) is 4.90 Å². The number of carbonyl (C=O) groups excluding carboxylic acids is 3. The number of aliphatic carboxylic acids is 1. The van der Waals surface area contributed by atoms with Gasteiger partial charge in [0, 0.05) is 42.3 Å². The third-order valence-electron chi connectivity index (χ3n) is 9.34. The lowest BCUT2D eigenvalue weighted by Crippen LogP contribution is -2.56. The average molecular weight is 689 g/mol. The van der Waals surface area contributed by atoms with Gasteiger partial charge in [0.15, 0.2) is 0 Å². The van der Waals surface area contributed by atoms with E-state index in [2.05, 4.69) is 15.6 Å². The number of benzene rings is 1. The molecule has 1 saturated carbocycles. The van der Waals surface area contributed by atoms with Crippen LogP contribution in [-0.4, -0.2) is 91.4 Å². The normalized spacial score (nSPS) is 26.4. The van der Waals surface area contributed by atoms with Crippen LogP contribution in [0, 0.1) is 5.92 Å². The summed E-state index contributed by atoms with van der Waals surface area (Å²) >= 11 is 0. The van der Waals surface area contributed by atoms with Crippen molar-refractivity contribution >= 4 is 34.8 Å². The molecular formula is C36H44N6O8. The zero-order valence-corrected chi connectivity index (χ0v) is 28.8. The summed E-state index contributed by atoms with van der Waals surface area (Å²) in [5, 5.41) is 16.4. The SMILES string of the molecule is COc1ccc2c(O[C@@H]3C[C@H]4C(=O)N[C@]5(C(=O)O)C[C@@H]5/C=C\CCCCC[C@H](NC(=O)OC(C)(C)C)C(=O)N4C3)cc(-n3ccnc3)nc2c1. The molecule has 0 unspecified atom stereocenters. The minimum atomic E-state index is -1.45. The maximum Gasteiger partial charge on any atom is 0.408 e. The molecule has 0 spiro atoms. The summed E-state index contributed by atoms with van der Waals surface area (Å²) in [6, 6.07) is 5.16. The van der Waals surface area contributed by atoms with Crippen molar-refractivity contribution in [1.29, 1.82) is 0 Å². The van der Waals surface area contributed by atoms with E-state index in [1.807, 2.05) is 18.2 Å². The highest BCUT2D eigenvalue weighted by Gasteiger charge is 2.61. The van der Waals surface area contributed by atoms with Crippen molar-refractivity contribution in [3.8, 4) is 17.3 Å². The zero-order chi connectivity index (χ0) is 35.6. The molecule has 6 rings (SSSR count). The van der Waals surface area contributed by atoms with Gasteiger partial charge in [0.1, 0.15) is 53.0 Å². The van der Waals surface area contributed by atoms with Gasteiger partial charge >= 0.3 is 12.1 Å². The van der Waals surface area contributed by atoms with Crippen LogP contribution in [0.25, 0.3) is 16.7 Å². The molecule has 2 fully saturated rings. The molecule has 5 atom stereocenters. The molecule has 3 N–H and O–H groups in total. The maximum atomic E-state index is 14.4. The summed E-state index contributed by atoms with van der Waals surface area (Å²) in [6.07, 6.45) is 11.1. The topological polar surface area (TPSA) is 174 Å². The molecule has 2 aromatic heterocycles. The Morgan fingerprint density at radius 2 is 1.96 bits per heavy atom. The van der Waals surface area contributed by atoms with Crippen LogP contribution in [-0.2, 0) is 19.1 Å². The molecule has 4 heterocycles. The number of carboxylic acids is 1. The zero-order valence-electron chi connectivity index (χ0n) is 28.8. The van der Waals surface area contributed by atoms with E-state index in [9.17, 15) is 24.3 Å². The van der Waals surface area contributed by atoms with Crippen molar-refractivity contribution in [3.63, 3.8) is 0 Å². The van der Waals surface area contributed by atoms with E-state index in [0.29, 0.717) is 41.1 Å². The molecule has 14 heteroatoms. The first-order chi connectivity index (χ1) is 23.9. The number of alkyl carbamates (subject to hydrolysis) is 1. The summed E-state index contributed by atoms with van der Waals surface area (Å²) in [4.78, 5) is 64.1. The number of imidazole rings is 1. The number of methoxy groups -OCH3 is 1. The number of nitrogens with one attached hydrogen (secondary N) is 2. The number of rotatable bonds is 6. The van der Waals surface area contributed by atoms with E-state index in [4.69, 9.17) is 19.2 Å². The molecule has 3 amide bonds. The van der Waals surface area contributed by atoms with Crippen LogP contribution in [0.15, 0.2) is 55.1 Å². The summed E-state index contributed by atoms with van der Waals surface area (Å²) in [5.41, 5.74) is -1.63.